The number of rotatable bonds is 4. The molecule has 0 unspecified atom stereocenters. The first-order chi connectivity index (χ1) is 23.8. The summed E-state index contributed by atoms with van der Waals surface area (Å²) in [6, 6.07) is 54.4. The van der Waals surface area contributed by atoms with Crippen LogP contribution in [-0.2, 0) is 0 Å². The second kappa shape index (κ2) is 10.5. The lowest BCUT2D eigenvalue weighted by Gasteiger charge is -2.16. The summed E-state index contributed by atoms with van der Waals surface area (Å²) in [5, 5.41) is 6.66. The van der Waals surface area contributed by atoms with Gasteiger partial charge in [0.2, 0.25) is 0 Å². The molecule has 0 atom stereocenters. The molecule has 7 aromatic carbocycles. The molecule has 0 N–H and O–H groups in total. The largest absolute Gasteiger partial charge is 0.456 e. The first-order valence-corrected chi connectivity index (χ1v) is 16.0. The Morgan fingerprint density at radius 1 is 0.417 bits per heavy atom. The molecule has 0 spiro atoms. The zero-order valence-electron chi connectivity index (χ0n) is 25.7. The topological polar surface area (TPSA) is 56.7 Å². The molecule has 48 heavy (non-hydrogen) atoms. The van der Waals surface area contributed by atoms with Crippen LogP contribution in [0.3, 0.4) is 0 Å². The molecule has 0 aliphatic rings. The van der Waals surface area contributed by atoms with E-state index in [9.17, 15) is 0 Å². The van der Waals surface area contributed by atoms with E-state index in [1.165, 1.54) is 16.2 Å². The first-order valence-electron chi connectivity index (χ1n) is 16.0. The van der Waals surface area contributed by atoms with Crippen LogP contribution >= 0.6 is 0 Å². The van der Waals surface area contributed by atoms with Crippen LogP contribution in [0.25, 0.3) is 94.4 Å². The lowest BCUT2D eigenvalue weighted by Crippen LogP contribution is -2.04. The van der Waals surface area contributed by atoms with Crippen LogP contribution in [0.5, 0.6) is 0 Å². The van der Waals surface area contributed by atoms with Gasteiger partial charge < -0.3 is 8.98 Å². The molecule has 0 aliphatic carbocycles. The van der Waals surface area contributed by atoms with Gasteiger partial charge in [-0.15, -0.1) is 0 Å². The molecule has 10 rings (SSSR count). The number of para-hydroxylation sites is 3. The van der Waals surface area contributed by atoms with E-state index < -0.39 is 0 Å². The van der Waals surface area contributed by atoms with E-state index in [-0.39, 0.29) is 0 Å². The van der Waals surface area contributed by atoms with E-state index in [2.05, 4.69) is 120 Å². The van der Waals surface area contributed by atoms with Crippen molar-refractivity contribution in [2.75, 3.05) is 0 Å². The Kier molecular flexibility index (Phi) is 5.81. The third-order valence-corrected chi connectivity index (χ3v) is 9.24. The molecular weight excluding hydrogens is 589 g/mol. The average Bonchev–Trinajstić information content (AvgIpc) is 3.70. The Hall–Kier alpha value is -6.59. The van der Waals surface area contributed by atoms with E-state index >= 15 is 0 Å². The van der Waals surface area contributed by atoms with Gasteiger partial charge in [0.1, 0.15) is 11.2 Å². The molecule has 0 amide bonds. The molecule has 5 nitrogen and oxygen atoms in total. The van der Waals surface area contributed by atoms with Crippen LogP contribution in [-0.4, -0.2) is 19.5 Å². The fraction of sp³-hybridized carbons (Fsp3) is 0. The number of fused-ring (bicyclic) bond motifs is 7. The number of nitrogens with zero attached hydrogens (tertiary/aromatic N) is 4. The van der Waals surface area contributed by atoms with Crippen molar-refractivity contribution >= 4 is 54.5 Å². The second-order valence-corrected chi connectivity index (χ2v) is 12.0. The number of aromatic nitrogens is 4. The van der Waals surface area contributed by atoms with Crippen molar-refractivity contribution in [3.63, 3.8) is 0 Å². The van der Waals surface area contributed by atoms with Gasteiger partial charge in [-0.3, -0.25) is 0 Å². The van der Waals surface area contributed by atoms with Gasteiger partial charge in [0.15, 0.2) is 17.5 Å². The van der Waals surface area contributed by atoms with E-state index in [0.717, 1.165) is 60.7 Å². The fourth-order valence-corrected chi connectivity index (χ4v) is 7.06. The zero-order valence-corrected chi connectivity index (χ0v) is 25.7. The van der Waals surface area contributed by atoms with E-state index in [0.29, 0.717) is 17.5 Å². The third-order valence-electron chi connectivity index (χ3n) is 9.24. The quantitative estimate of drug-likeness (QED) is 0.198. The third kappa shape index (κ3) is 4.08. The van der Waals surface area contributed by atoms with Crippen LogP contribution in [0, 0.1) is 0 Å². The number of hydrogen-bond donors (Lipinski definition) is 0. The zero-order chi connectivity index (χ0) is 31.6. The summed E-state index contributed by atoms with van der Waals surface area (Å²) in [4.78, 5) is 15.6. The van der Waals surface area contributed by atoms with Gasteiger partial charge >= 0.3 is 0 Å². The number of benzene rings is 7. The summed E-state index contributed by atoms with van der Waals surface area (Å²) in [6.07, 6.45) is 0. The van der Waals surface area contributed by atoms with Crippen molar-refractivity contribution in [3.05, 3.63) is 158 Å². The molecule has 0 radical (unpaired) electrons. The standard InChI is InChI=1S/C43H26N4O/c1-2-13-28(14-3-1)41-44-42(30-23-22-27-12-4-5-15-29(27)26-30)46-43(45-41)40-36(24-25-38-39(40)33-18-8-11-21-37(33)48-38)47-34-19-9-6-16-31(34)32-17-7-10-20-35(32)47/h1-26H. The highest BCUT2D eigenvalue weighted by atomic mass is 16.3. The molecule has 0 fully saturated rings. The van der Waals surface area contributed by atoms with Crippen LogP contribution in [0.4, 0.5) is 0 Å². The monoisotopic (exact) mass is 614 g/mol. The summed E-state index contributed by atoms with van der Waals surface area (Å²) in [5.41, 5.74) is 7.54. The van der Waals surface area contributed by atoms with Gasteiger partial charge in [-0.25, -0.2) is 15.0 Å². The van der Waals surface area contributed by atoms with Gasteiger partial charge in [0.25, 0.3) is 0 Å². The van der Waals surface area contributed by atoms with Crippen molar-refractivity contribution in [2.45, 2.75) is 0 Å². The van der Waals surface area contributed by atoms with Gasteiger partial charge in [0.05, 0.1) is 22.3 Å². The van der Waals surface area contributed by atoms with Gasteiger partial charge in [-0.1, -0.05) is 121 Å². The fourth-order valence-electron chi connectivity index (χ4n) is 7.06. The van der Waals surface area contributed by atoms with Crippen molar-refractivity contribution in [2.24, 2.45) is 0 Å². The van der Waals surface area contributed by atoms with Crippen molar-refractivity contribution < 1.29 is 4.42 Å². The molecule has 0 bridgehead atoms. The Balaban J connectivity index is 1.35. The number of hydrogen-bond acceptors (Lipinski definition) is 4. The van der Waals surface area contributed by atoms with E-state index in [1.54, 1.807) is 0 Å². The maximum Gasteiger partial charge on any atom is 0.166 e. The molecule has 3 heterocycles. The van der Waals surface area contributed by atoms with Crippen LogP contribution in [0.2, 0.25) is 0 Å². The Bertz CT molecular complexity index is 2800. The maximum absolute atomic E-state index is 6.46. The Morgan fingerprint density at radius 3 is 1.79 bits per heavy atom. The molecule has 0 saturated heterocycles. The lowest BCUT2D eigenvalue weighted by atomic mass is 10.0. The SMILES string of the molecule is c1ccc(-c2nc(-c3ccc4ccccc4c3)nc(-c3c(-n4c5ccccc5c5ccccc54)ccc4oc5ccccc5c34)n2)cc1. The minimum Gasteiger partial charge on any atom is -0.456 e. The smallest absolute Gasteiger partial charge is 0.166 e. The molecule has 224 valence electrons. The highest BCUT2D eigenvalue weighted by Gasteiger charge is 2.24. The summed E-state index contributed by atoms with van der Waals surface area (Å²) in [7, 11) is 0. The lowest BCUT2D eigenvalue weighted by molar-refractivity contribution is 0.669. The van der Waals surface area contributed by atoms with Crippen LogP contribution in [0.1, 0.15) is 0 Å². The van der Waals surface area contributed by atoms with E-state index in [4.69, 9.17) is 19.4 Å². The summed E-state index contributed by atoms with van der Waals surface area (Å²) in [5.74, 6) is 1.81. The number of furan rings is 1. The molecule has 10 aromatic rings. The summed E-state index contributed by atoms with van der Waals surface area (Å²) in [6.45, 7) is 0. The van der Waals surface area contributed by atoms with Gasteiger partial charge in [0, 0.05) is 32.7 Å². The second-order valence-electron chi connectivity index (χ2n) is 12.0. The maximum atomic E-state index is 6.46. The summed E-state index contributed by atoms with van der Waals surface area (Å²) < 4.78 is 8.80. The molecule has 0 aliphatic heterocycles. The normalized spacial score (nSPS) is 11.8. The molecule has 3 aromatic heterocycles. The van der Waals surface area contributed by atoms with E-state index in [1.807, 2.05) is 42.5 Å². The van der Waals surface area contributed by atoms with Crippen LogP contribution in [0.15, 0.2) is 162 Å². The Morgan fingerprint density at radius 2 is 1.02 bits per heavy atom. The highest BCUT2D eigenvalue weighted by Crippen LogP contribution is 2.43. The van der Waals surface area contributed by atoms with Crippen molar-refractivity contribution in [1.29, 1.82) is 0 Å². The molecule has 0 saturated carbocycles. The average molecular weight is 615 g/mol. The van der Waals surface area contributed by atoms with Gasteiger partial charge in [-0.2, -0.15) is 0 Å². The van der Waals surface area contributed by atoms with Gasteiger partial charge in [-0.05, 0) is 47.2 Å². The molecular formula is C43H26N4O. The predicted molar refractivity (Wildman–Crippen MR) is 195 cm³/mol. The van der Waals surface area contributed by atoms with Crippen LogP contribution < -0.4 is 0 Å². The van der Waals surface area contributed by atoms with Crippen molar-refractivity contribution in [3.8, 4) is 39.9 Å². The summed E-state index contributed by atoms with van der Waals surface area (Å²) >= 11 is 0. The minimum atomic E-state index is 0.584. The molecule has 5 heteroatoms. The Labute approximate surface area is 275 Å². The first kappa shape index (κ1) is 26.6. The minimum absolute atomic E-state index is 0.584. The highest BCUT2D eigenvalue weighted by molar-refractivity contribution is 6.16. The predicted octanol–water partition coefficient (Wildman–Crippen LogP) is 11.0. The van der Waals surface area contributed by atoms with Crippen molar-refractivity contribution in [1.82, 2.24) is 19.5 Å².